The molecule has 0 aliphatic rings. The number of nitro benzene ring substituents is 1. The zero-order chi connectivity index (χ0) is 19.2. The molecule has 27 heavy (non-hydrogen) atoms. The number of benzene rings is 2. The molecule has 0 unspecified atom stereocenters. The van der Waals surface area contributed by atoms with Gasteiger partial charge in [0.15, 0.2) is 0 Å². The number of halogens is 1. The van der Waals surface area contributed by atoms with Crippen LogP contribution >= 0.6 is 11.6 Å². The molecule has 0 aliphatic heterocycles. The Morgan fingerprint density at radius 2 is 1.89 bits per heavy atom. The molecule has 3 aromatic rings. The van der Waals surface area contributed by atoms with Gasteiger partial charge in [0.25, 0.3) is 11.6 Å². The van der Waals surface area contributed by atoms with E-state index in [0.717, 1.165) is 17.7 Å². The second-order valence-electron chi connectivity index (χ2n) is 5.63. The minimum Gasteiger partial charge on any atom is -0.494 e. The van der Waals surface area contributed by atoms with Crippen molar-refractivity contribution in [1.82, 2.24) is 10.2 Å². The van der Waals surface area contributed by atoms with Crippen LogP contribution in [0.5, 0.6) is 5.75 Å². The molecular weight excluding hydrogens is 370 g/mol. The third-order valence-corrected chi connectivity index (χ3v) is 3.87. The number of hydrogen-bond donors (Lipinski definition) is 0. The van der Waals surface area contributed by atoms with Gasteiger partial charge in [-0.15, -0.1) is 10.2 Å². The van der Waals surface area contributed by atoms with E-state index in [9.17, 15) is 10.1 Å². The highest BCUT2D eigenvalue weighted by Gasteiger charge is 2.13. The van der Waals surface area contributed by atoms with E-state index >= 15 is 0 Å². The van der Waals surface area contributed by atoms with Crippen molar-refractivity contribution in [3.63, 3.8) is 0 Å². The van der Waals surface area contributed by atoms with Gasteiger partial charge in [-0.2, -0.15) is 0 Å². The molecule has 138 valence electrons. The van der Waals surface area contributed by atoms with Gasteiger partial charge in [-0.1, -0.05) is 30.7 Å². The molecule has 0 radical (unpaired) electrons. The van der Waals surface area contributed by atoms with Crippen LogP contribution in [0.4, 0.5) is 5.69 Å². The summed E-state index contributed by atoms with van der Waals surface area (Å²) >= 11 is 6.28. The molecular formula is C19H16ClN3O4. The topological polar surface area (TPSA) is 91.3 Å². The normalized spacial score (nSPS) is 11.4. The van der Waals surface area contributed by atoms with Gasteiger partial charge in [0, 0.05) is 17.7 Å². The smallest absolute Gasteiger partial charge is 0.269 e. The Morgan fingerprint density at radius 1 is 1.19 bits per heavy atom. The molecule has 0 aliphatic carbocycles. The van der Waals surface area contributed by atoms with Crippen LogP contribution in [0.3, 0.4) is 0 Å². The van der Waals surface area contributed by atoms with Crippen molar-refractivity contribution in [3.05, 3.63) is 70.1 Å². The number of aromatic nitrogens is 2. The molecule has 2 aromatic carbocycles. The standard InChI is InChI=1S/C19H16ClN3O4/c1-2-11-26-16-9-3-13(4-10-16)12-17(20)19-22-21-18(27-19)14-5-7-15(8-6-14)23(24)25/h3-10,12H,2,11H2,1H3/b17-12-. The third-order valence-electron chi connectivity index (χ3n) is 3.60. The average Bonchev–Trinajstić information content (AvgIpc) is 3.18. The Hall–Kier alpha value is -3.19. The molecule has 1 heterocycles. The lowest BCUT2D eigenvalue weighted by atomic mass is 10.2. The zero-order valence-electron chi connectivity index (χ0n) is 14.5. The Kier molecular flexibility index (Phi) is 5.83. The molecule has 0 spiro atoms. The maximum Gasteiger partial charge on any atom is 0.269 e. The van der Waals surface area contributed by atoms with Crippen LogP contribution in [0.2, 0.25) is 0 Å². The summed E-state index contributed by atoms with van der Waals surface area (Å²) < 4.78 is 11.1. The van der Waals surface area contributed by atoms with Gasteiger partial charge in [0.2, 0.25) is 5.89 Å². The Bertz CT molecular complexity index is 950. The van der Waals surface area contributed by atoms with E-state index in [1.54, 1.807) is 18.2 Å². The van der Waals surface area contributed by atoms with E-state index < -0.39 is 4.92 Å². The van der Waals surface area contributed by atoms with E-state index in [1.165, 1.54) is 12.1 Å². The first-order chi connectivity index (χ1) is 13.1. The summed E-state index contributed by atoms with van der Waals surface area (Å²) in [5.41, 5.74) is 1.42. The summed E-state index contributed by atoms with van der Waals surface area (Å²) in [6.45, 7) is 2.72. The number of nitro groups is 1. The first kappa shape index (κ1) is 18.6. The quantitative estimate of drug-likeness (QED) is 0.411. The predicted molar refractivity (Wildman–Crippen MR) is 102 cm³/mol. The number of nitrogens with zero attached hydrogens (tertiary/aromatic N) is 3. The number of hydrogen-bond acceptors (Lipinski definition) is 6. The van der Waals surface area contributed by atoms with Crippen LogP contribution in [0.15, 0.2) is 52.9 Å². The Balaban J connectivity index is 1.74. The SMILES string of the molecule is CCCOc1ccc(/C=C(\Cl)c2nnc(-c3ccc([N+](=O)[O-])cc3)o2)cc1. The van der Waals surface area contributed by atoms with Crippen LogP contribution in [-0.4, -0.2) is 21.7 Å². The average molecular weight is 386 g/mol. The van der Waals surface area contributed by atoms with Crippen molar-refractivity contribution < 1.29 is 14.1 Å². The number of non-ortho nitro benzene ring substituents is 1. The maximum atomic E-state index is 10.7. The van der Waals surface area contributed by atoms with E-state index in [1.807, 2.05) is 31.2 Å². The van der Waals surface area contributed by atoms with Gasteiger partial charge in [-0.3, -0.25) is 10.1 Å². The molecule has 0 N–H and O–H groups in total. The molecule has 3 rings (SSSR count). The van der Waals surface area contributed by atoms with Crippen LogP contribution in [0.1, 0.15) is 24.8 Å². The summed E-state index contributed by atoms with van der Waals surface area (Å²) in [6, 6.07) is 13.3. The van der Waals surface area contributed by atoms with E-state index in [0.29, 0.717) is 12.2 Å². The van der Waals surface area contributed by atoms with E-state index in [-0.39, 0.29) is 22.5 Å². The zero-order valence-corrected chi connectivity index (χ0v) is 15.2. The molecule has 0 atom stereocenters. The monoisotopic (exact) mass is 385 g/mol. The molecule has 7 nitrogen and oxygen atoms in total. The maximum absolute atomic E-state index is 10.7. The summed E-state index contributed by atoms with van der Waals surface area (Å²) in [4.78, 5) is 10.2. The second-order valence-corrected chi connectivity index (χ2v) is 6.03. The van der Waals surface area contributed by atoms with Crippen LogP contribution in [0.25, 0.3) is 22.6 Å². The summed E-state index contributed by atoms with van der Waals surface area (Å²) in [7, 11) is 0. The van der Waals surface area contributed by atoms with E-state index in [4.69, 9.17) is 20.8 Å². The fourth-order valence-corrected chi connectivity index (χ4v) is 2.45. The van der Waals surface area contributed by atoms with Crippen LogP contribution in [-0.2, 0) is 0 Å². The van der Waals surface area contributed by atoms with Gasteiger partial charge < -0.3 is 9.15 Å². The Morgan fingerprint density at radius 3 is 2.52 bits per heavy atom. The molecule has 0 saturated carbocycles. The third kappa shape index (κ3) is 4.71. The lowest BCUT2D eigenvalue weighted by molar-refractivity contribution is -0.384. The first-order valence-corrected chi connectivity index (χ1v) is 8.63. The number of ether oxygens (including phenoxy) is 1. The molecule has 0 fully saturated rings. The van der Waals surface area contributed by atoms with Gasteiger partial charge >= 0.3 is 0 Å². The number of rotatable bonds is 7. The van der Waals surface area contributed by atoms with Gasteiger partial charge in [0.1, 0.15) is 10.8 Å². The first-order valence-electron chi connectivity index (χ1n) is 8.25. The van der Waals surface area contributed by atoms with Gasteiger partial charge in [-0.25, -0.2) is 0 Å². The highest BCUT2D eigenvalue weighted by atomic mass is 35.5. The second kappa shape index (κ2) is 8.46. The van der Waals surface area contributed by atoms with E-state index in [2.05, 4.69) is 10.2 Å². The highest BCUT2D eigenvalue weighted by molar-refractivity contribution is 6.50. The molecule has 0 amide bonds. The largest absolute Gasteiger partial charge is 0.494 e. The molecule has 1 aromatic heterocycles. The highest BCUT2D eigenvalue weighted by Crippen LogP contribution is 2.26. The van der Waals surface area contributed by atoms with Crippen molar-refractivity contribution in [3.8, 4) is 17.2 Å². The summed E-state index contributed by atoms with van der Waals surface area (Å²) in [5.74, 6) is 1.19. The fourth-order valence-electron chi connectivity index (χ4n) is 2.25. The molecule has 8 heteroatoms. The Labute approximate surface area is 160 Å². The van der Waals surface area contributed by atoms with Gasteiger partial charge in [0.05, 0.1) is 11.5 Å². The summed E-state index contributed by atoms with van der Waals surface area (Å²) in [6.07, 6.45) is 2.65. The van der Waals surface area contributed by atoms with Crippen molar-refractivity contribution in [2.45, 2.75) is 13.3 Å². The summed E-state index contributed by atoms with van der Waals surface area (Å²) in [5, 5.41) is 18.9. The predicted octanol–water partition coefficient (Wildman–Crippen LogP) is 5.17. The minimum atomic E-state index is -0.471. The lowest BCUT2D eigenvalue weighted by Crippen LogP contribution is -1.94. The van der Waals surface area contributed by atoms with Gasteiger partial charge in [-0.05, 0) is 42.3 Å². The van der Waals surface area contributed by atoms with Crippen molar-refractivity contribution in [2.24, 2.45) is 0 Å². The lowest BCUT2D eigenvalue weighted by Gasteiger charge is -2.04. The molecule has 0 bridgehead atoms. The van der Waals surface area contributed by atoms with Crippen LogP contribution in [0, 0.1) is 10.1 Å². The van der Waals surface area contributed by atoms with Crippen molar-refractivity contribution >= 4 is 28.4 Å². The van der Waals surface area contributed by atoms with Crippen LogP contribution < -0.4 is 4.74 Å². The minimum absolute atomic E-state index is 0.0113. The van der Waals surface area contributed by atoms with Crippen molar-refractivity contribution in [2.75, 3.05) is 6.61 Å². The van der Waals surface area contributed by atoms with Crippen molar-refractivity contribution in [1.29, 1.82) is 0 Å². The fraction of sp³-hybridized carbons (Fsp3) is 0.158. The molecule has 0 saturated heterocycles.